The van der Waals surface area contributed by atoms with Gasteiger partial charge in [-0.1, -0.05) is 11.6 Å². The third-order valence-corrected chi connectivity index (χ3v) is 4.97. The Labute approximate surface area is 142 Å². The topological polar surface area (TPSA) is 79.3 Å². The normalized spacial score (nSPS) is 16.1. The van der Waals surface area contributed by atoms with Crippen LogP contribution < -0.4 is 10.0 Å². The van der Waals surface area contributed by atoms with Gasteiger partial charge in [-0.25, -0.2) is 18.1 Å². The zero-order chi connectivity index (χ0) is 13.9. The Balaban J connectivity index is 0.00000200. The number of rotatable bonds is 5. The monoisotopic (exact) mass is 379 g/mol. The Kier molecular flexibility index (Phi) is 9.10. The van der Waals surface area contributed by atoms with Crippen LogP contribution in [0.4, 0.5) is 0 Å². The van der Waals surface area contributed by atoms with Crippen molar-refractivity contribution in [2.45, 2.75) is 5.03 Å². The van der Waals surface area contributed by atoms with E-state index in [0.717, 1.165) is 26.2 Å². The molecular weight excluding hydrogens is 361 g/mol. The van der Waals surface area contributed by atoms with Crippen LogP contribution in [0.2, 0.25) is 5.15 Å². The van der Waals surface area contributed by atoms with E-state index in [2.05, 4.69) is 19.9 Å². The lowest BCUT2D eigenvalue weighted by Gasteiger charge is -2.26. The van der Waals surface area contributed by atoms with Crippen molar-refractivity contribution in [1.82, 2.24) is 24.5 Å². The molecule has 0 atom stereocenters. The minimum Gasteiger partial charge on any atom is -0.324 e. The third-order valence-electron chi connectivity index (χ3n) is 3.02. The number of nitrogens with one attached hydrogen (secondary N) is 2. The number of imidazole rings is 1. The van der Waals surface area contributed by atoms with Crippen molar-refractivity contribution in [1.29, 1.82) is 0 Å². The largest absolute Gasteiger partial charge is 0.324 e. The zero-order valence-electron chi connectivity index (χ0n) is 11.6. The molecule has 1 aliphatic heterocycles. The van der Waals surface area contributed by atoms with Gasteiger partial charge in [0.15, 0.2) is 0 Å². The first-order chi connectivity index (χ1) is 9.00. The Morgan fingerprint density at radius 1 is 1.38 bits per heavy atom. The van der Waals surface area contributed by atoms with E-state index < -0.39 is 10.0 Å². The summed E-state index contributed by atoms with van der Waals surface area (Å²) in [7, 11) is -1.98. The number of aryl methyl sites for hydroxylation is 1. The van der Waals surface area contributed by atoms with Crippen molar-refractivity contribution in [3.63, 3.8) is 0 Å². The molecule has 0 spiro atoms. The predicted octanol–water partition coefficient (Wildman–Crippen LogP) is 0.101. The molecule has 21 heavy (non-hydrogen) atoms. The number of hydrogen-bond acceptors (Lipinski definition) is 5. The lowest BCUT2D eigenvalue weighted by Crippen LogP contribution is -2.46. The molecule has 0 bridgehead atoms. The van der Waals surface area contributed by atoms with E-state index in [1.807, 2.05) is 0 Å². The molecule has 2 rings (SSSR count). The average Bonchev–Trinajstić information content (AvgIpc) is 2.72. The van der Waals surface area contributed by atoms with E-state index in [4.69, 9.17) is 11.6 Å². The van der Waals surface area contributed by atoms with Gasteiger partial charge in [0.05, 0.1) is 6.33 Å². The molecule has 0 amide bonds. The molecule has 0 radical (unpaired) electrons. The van der Waals surface area contributed by atoms with Crippen LogP contribution in [0.1, 0.15) is 0 Å². The number of aromatic nitrogens is 2. The molecule has 1 aromatic heterocycles. The molecule has 1 fully saturated rings. The SMILES string of the molecule is Cl.Cl.Cn1cnc(S(=O)(=O)NCCN2CCNCC2)c1Cl. The van der Waals surface area contributed by atoms with Crippen LogP contribution >= 0.6 is 36.4 Å². The highest BCUT2D eigenvalue weighted by molar-refractivity contribution is 7.89. The van der Waals surface area contributed by atoms with Gasteiger partial charge in [-0.05, 0) is 0 Å². The number of hydrogen-bond donors (Lipinski definition) is 2. The van der Waals surface area contributed by atoms with E-state index in [0.29, 0.717) is 13.1 Å². The third kappa shape index (κ3) is 5.55. The molecule has 2 heterocycles. The molecule has 1 saturated heterocycles. The maximum Gasteiger partial charge on any atom is 0.261 e. The summed E-state index contributed by atoms with van der Waals surface area (Å²) in [6.45, 7) is 4.80. The van der Waals surface area contributed by atoms with Crippen LogP contribution in [0.25, 0.3) is 0 Å². The Morgan fingerprint density at radius 2 is 2.00 bits per heavy atom. The van der Waals surface area contributed by atoms with E-state index in [1.54, 1.807) is 7.05 Å². The Hall–Kier alpha value is -0.0900. The second kappa shape index (κ2) is 9.14. The van der Waals surface area contributed by atoms with E-state index in [9.17, 15) is 8.42 Å². The standard InChI is InChI=1S/C10H18ClN5O2S.2ClH/c1-15-8-13-10(9(15)11)19(17,18)14-4-7-16-5-2-12-3-6-16;;/h8,12,14H,2-7H2,1H3;2*1H. The minimum absolute atomic E-state index is 0. The first-order valence-electron chi connectivity index (χ1n) is 6.10. The highest BCUT2D eigenvalue weighted by atomic mass is 35.5. The molecular formula is C10H20Cl3N5O2S. The van der Waals surface area contributed by atoms with Crippen molar-refractivity contribution in [3.05, 3.63) is 11.5 Å². The van der Waals surface area contributed by atoms with Gasteiger partial charge in [0, 0.05) is 46.3 Å². The van der Waals surface area contributed by atoms with Crippen LogP contribution in [0, 0.1) is 0 Å². The minimum atomic E-state index is -3.63. The van der Waals surface area contributed by atoms with Gasteiger partial charge in [0.2, 0.25) is 5.03 Å². The maximum absolute atomic E-state index is 12.0. The molecule has 1 aliphatic rings. The smallest absolute Gasteiger partial charge is 0.261 e. The number of halogens is 3. The first-order valence-corrected chi connectivity index (χ1v) is 7.96. The summed E-state index contributed by atoms with van der Waals surface area (Å²) in [5, 5.41) is 3.25. The van der Waals surface area contributed by atoms with Gasteiger partial charge < -0.3 is 9.88 Å². The summed E-state index contributed by atoms with van der Waals surface area (Å²) in [5.74, 6) is 0. The van der Waals surface area contributed by atoms with Gasteiger partial charge in [0.25, 0.3) is 10.0 Å². The Morgan fingerprint density at radius 3 is 2.52 bits per heavy atom. The molecule has 0 aliphatic carbocycles. The summed E-state index contributed by atoms with van der Waals surface area (Å²) >= 11 is 5.88. The quantitative estimate of drug-likeness (QED) is 0.757. The fourth-order valence-electron chi connectivity index (χ4n) is 1.92. The van der Waals surface area contributed by atoms with Crippen molar-refractivity contribution in [2.75, 3.05) is 39.3 Å². The van der Waals surface area contributed by atoms with E-state index in [1.165, 1.54) is 10.9 Å². The van der Waals surface area contributed by atoms with Crippen LogP contribution in [-0.4, -0.2) is 62.1 Å². The van der Waals surface area contributed by atoms with Crippen LogP contribution in [0.15, 0.2) is 11.4 Å². The van der Waals surface area contributed by atoms with Crippen LogP contribution in [0.5, 0.6) is 0 Å². The number of piperazine rings is 1. The Bertz CT molecular complexity index is 531. The van der Waals surface area contributed by atoms with Crippen molar-refractivity contribution in [3.8, 4) is 0 Å². The van der Waals surface area contributed by atoms with Crippen LogP contribution in [0.3, 0.4) is 0 Å². The fourth-order valence-corrected chi connectivity index (χ4v) is 3.36. The number of nitrogens with zero attached hydrogens (tertiary/aromatic N) is 3. The molecule has 7 nitrogen and oxygen atoms in total. The van der Waals surface area contributed by atoms with Crippen LogP contribution in [-0.2, 0) is 17.1 Å². The van der Waals surface area contributed by atoms with Gasteiger partial charge in [-0.15, -0.1) is 24.8 Å². The molecule has 11 heteroatoms. The molecule has 0 saturated carbocycles. The summed E-state index contributed by atoms with van der Waals surface area (Å²) in [6.07, 6.45) is 1.38. The molecule has 124 valence electrons. The van der Waals surface area contributed by atoms with E-state index in [-0.39, 0.29) is 35.0 Å². The van der Waals surface area contributed by atoms with Crippen molar-refractivity contribution < 1.29 is 8.42 Å². The van der Waals surface area contributed by atoms with Crippen molar-refractivity contribution >= 4 is 46.4 Å². The van der Waals surface area contributed by atoms with Gasteiger partial charge >= 0.3 is 0 Å². The van der Waals surface area contributed by atoms with Gasteiger partial charge in [-0.3, -0.25) is 4.90 Å². The summed E-state index contributed by atoms with van der Waals surface area (Å²) < 4.78 is 28.0. The first kappa shape index (κ1) is 20.9. The molecule has 0 aromatic carbocycles. The second-order valence-electron chi connectivity index (χ2n) is 4.44. The highest BCUT2D eigenvalue weighted by Crippen LogP contribution is 2.17. The molecule has 2 N–H and O–H groups in total. The van der Waals surface area contributed by atoms with Gasteiger partial charge in [-0.2, -0.15) is 0 Å². The lowest BCUT2D eigenvalue weighted by atomic mass is 10.3. The maximum atomic E-state index is 12.0. The number of sulfonamides is 1. The lowest BCUT2D eigenvalue weighted by molar-refractivity contribution is 0.245. The van der Waals surface area contributed by atoms with Crippen molar-refractivity contribution in [2.24, 2.45) is 7.05 Å². The molecule has 1 aromatic rings. The predicted molar refractivity (Wildman–Crippen MR) is 87.2 cm³/mol. The zero-order valence-corrected chi connectivity index (χ0v) is 14.8. The van der Waals surface area contributed by atoms with E-state index >= 15 is 0 Å². The average molecular weight is 381 g/mol. The highest BCUT2D eigenvalue weighted by Gasteiger charge is 2.22. The summed E-state index contributed by atoms with van der Waals surface area (Å²) in [4.78, 5) is 6.02. The summed E-state index contributed by atoms with van der Waals surface area (Å²) in [6, 6.07) is 0. The fraction of sp³-hybridized carbons (Fsp3) is 0.700. The second-order valence-corrected chi connectivity index (χ2v) is 6.48. The molecule has 0 unspecified atom stereocenters. The van der Waals surface area contributed by atoms with Gasteiger partial charge in [0.1, 0.15) is 5.15 Å². The summed E-state index contributed by atoms with van der Waals surface area (Å²) in [5.41, 5.74) is 0.